The Balaban J connectivity index is 1.89. The van der Waals surface area contributed by atoms with Crippen LogP contribution in [0.3, 0.4) is 0 Å². The number of hydrogen-bond acceptors (Lipinski definition) is 4. The largest absolute Gasteiger partial charge is 0.573 e. The zero-order chi connectivity index (χ0) is 17.9. The molecule has 25 heavy (non-hydrogen) atoms. The van der Waals surface area contributed by atoms with Crippen molar-refractivity contribution in [1.82, 2.24) is 10.2 Å². The molecule has 2 N–H and O–H groups in total. The van der Waals surface area contributed by atoms with Gasteiger partial charge < -0.3 is 15.2 Å². The fourth-order valence-corrected chi connectivity index (χ4v) is 3.06. The Labute approximate surface area is 143 Å². The quantitative estimate of drug-likeness (QED) is 0.886. The summed E-state index contributed by atoms with van der Waals surface area (Å²) in [5.41, 5.74) is 1.85. The standard InChI is InChI=1S/C18H19F3N2O2/c19-18(20,21)25-16-7-3-14(4-8-16)17(23-11-9-22-10-12-23)13-1-5-15(24)6-2-13/h1-8,17,22,24H,9-12H2/t17-/m0/s1. The molecule has 1 aliphatic rings. The van der Waals surface area contributed by atoms with Crippen molar-refractivity contribution in [3.8, 4) is 11.5 Å². The van der Waals surface area contributed by atoms with Gasteiger partial charge in [0.25, 0.3) is 0 Å². The first-order chi connectivity index (χ1) is 11.9. The van der Waals surface area contributed by atoms with Gasteiger partial charge in [-0.05, 0) is 35.4 Å². The van der Waals surface area contributed by atoms with Crippen molar-refractivity contribution in [3.63, 3.8) is 0 Å². The van der Waals surface area contributed by atoms with E-state index in [0.717, 1.165) is 37.3 Å². The molecule has 0 aromatic heterocycles. The van der Waals surface area contributed by atoms with Gasteiger partial charge >= 0.3 is 6.36 Å². The van der Waals surface area contributed by atoms with E-state index in [2.05, 4.69) is 15.0 Å². The molecular formula is C18H19F3N2O2. The summed E-state index contributed by atoms with van der Waals surface area (Å²) in [4.78, 5) is 2.27. The maximum Gasteiger partial charge on any atom is 0.573 e. The van der Waals surface area contributed by atoms with E-state index < -0.39 is 6.36 Å². The first-order valence-electron chi connectivity index (χ1n) is 8.02. The second kappa shape index (κ2) is 7.33. The first kappa shape index (κ1) is 17.6. The van der Waals surface area contributed by atoms with Crippen molar-refractivity contribution in [1.29, 1.82) is 0 Å². The van der Waals surface area contributed by atoms with Crippen LogP contribution in [0.1, 0.15) is 17.2 Å². The van der Waals surface area contributed by atoms with Gasteiger partial charge in [0.1, 0.15) is 11.5 Å². The first-order valence-corrected chi connectivity index (χ1v) is 8.02. The van der Waals surface area contributed by atoms with Crippen LogP contribution in [0.15, 0.2) is 48.5 Å². The molecule has 1 atom stereocenters. The third kappa shape index (κ3) is 4.64. The molecule has 0 saturated carbocycles. The van der Waals surface area contributed by atoms with E-state index >= 15 is 0 Å². The summed E-state index contributed by atoms with van der Waals surface area (Å²) in [5, 5.41) is 12.8. The molecule has 0 amide bonds. The average Bonchev–Trinajstić information content (AvgIpc) is 2.58. The van der Waals surface area contributed by atoms with E-state index in [1.165, 1.54) is 12.1 Å². The van der Waals surface area contributed by atoms with E-state index in [-0.39, 0.29) is 17.5 Å². The SMILES string of the molecule is Oc1ccc([C@@H](c2ccc(OC(F)(F)F)cc2)N2CCNCC2)cc1. The summed E-state index contributed by atoms with van der Waals surface area (Å²) >= 11 is 0. The molecule has 0 radical (unpaired) electrons. The summed E-state index contributed by atoms with van der Waals surface area (Å²) in [6.07, 6.45) is -4.70. The van der Waals surface area contributed by atoms with Gasteiger partial charge in [-0.15, -0.1) is 13.2 Å². The van der Waals surface area contributed by atoms with Gasteiger partial charge in [-0.1, -0.05) is 24.3 Å². The Morgan fingerprint density at radius 1 is 0.920 bits per heavy atom. The van der Waals surface area contributed by atoms with Gasteiger partial charge in [0.15, 0.2) is 0 Å². The lowest BCUT2D eigenvalue weighted by Gasteiger charge is -2.35. The van der Waals surface area contributed by atoms with Crippen LogP contribution in [-0.4, -0.2) is 42.5 Å². The molecule has 0 spiro atoms. The number of piperazine rings is 1. The van der Waals surface area contributed by atoms with Crippen LogP contribution in [-0.2, 0) is 0 Å². The van der Waals surface area contributed by atoms with Crippen LogP contribution in [0.4, 0.5) is 13.2 Å². The predicted molar refractivity (Wildman–Crippen MR) is 87.5 cm³/mol. The fraction of sp³-hybridized carbons (Fsp3) is 0.333. The number of nitrogens with zero attached hydrogens (tertiary/aromatic N) is 1. The van der Waals surface area contributed by atoms with E-state index in [0.29, 0.717) is 0 Å². The van der Waals surface area contributed by atoms with E-state index in [1.807, 2.05) is 12.1 Å². The lowest BCUT2D eigenvalue weighted by Crippen LogP contribution is -2.45. The molecule has 0 unspecified atom stereocenters. The molecule has 4 nitrogen and oxygen atoms in total. The Bertz CT molecular complexity index is 681. The fourth-order valence-electron chi connectivity index (χ4n) is 3.06. The smallest absolute Gasteiger partial charge is 0.508 e. The van der Waals surface area contributed by atoms with E-state index in [9.17, 15) is 18.3 Å². The Kier molecular flexibility index (Phi) is 5.15. The summed E-state index contributed by atoms with van der Waals surface area (Å²) in [5.74, 6) is -0.0576. The highest BCUT2D eigenvalue weighted by Gasteiger charge is 2.31. The number of phenols is 1. The van der Waals surface area contributed by atoms with Crippen molar-refractivity contribution in [3.05, 3.63) is 59.7 Å². The van der Waals surface area contributed by atoms with Crippen molar-refractivity contribution < 1.29 is 23.0 Å². The highest BCUT2D eigenvalue weighted by molar-refractivity contribution is 5.37. The molecule has 1 fully saturated rings. The Hall–Kier alpha value is -2.25. The van der Waals surface area contributed by atoms with Gasteiger partial charge in [0, 0.05) is 26.2 Å². The van der Waals surface area contributed by atoms with Crippen LogP contribution >= 0.6 is 0 Å². The molecular weight excluding hydrogens is 333 g/mol. The number of nitrogens with one attached hydrogen (secondary N) is 1. The summed E-state index contributed by atoms with van der Waals surface area (Å²) in [7, 11) is 0. The highest BCUT2D eigenvalue weighted by Crippen LogP contribution is 2.32. The molecule has 3 rings (SSSR count). The van der Waals surface area contributed by atoms with Crippen molar-refractivity contribution in [2.45, 2.75) is 12.4 Å². The van der Waals surface area contributed by atoms with Gasteiger partial charge in [0.05, 0.1) is 6.04 Å². The molecule has 0 bridgehead atoms. The number of halogens is 3. The maximum atomic E-state index is 12.3. The summed E-state index contributed by atoms with van der Waals surface area (Å²) < 4.78 is 40.9. The van der Waals surface area contributed by atoms with Crippen molar-refractivity contribution in [2.24, 2.45) is 0 Å². The van der Waals surface area contributed by atoms with Crippen molar-refractivity contribution >= 4 is 0 Å². The number of hydrogen-bond donors (Lipinski definition) is 2. The zero-order valence-corrected chi connectivity index (χ0v) is 13.5. The molecule has 1 aliphatic heterocycles. The number of ether oxygens (including phenoxy) is 1. The highest BCUT2D eigenvalue weighted by atomic mass is 19.4. The minimum Gasteiger partial charge on any atom is -0.508 e. The number of benzene rings is 2. The summed E-state index contributed by atoms with van der Waals surface area (Å²) in [6.45, 7) is 3.35. The third-order valence-electron chi connectivity index (χ3n) is 4.15. The lowest BCUT2D eigenvalue weighted by molar-refractivity contribution is -0.274. The van der Waals surface area contributed by atoms with Crippen LogP contribution < -0.4 is 10.1 Å². The van der Waals surface area contributed by atoms with Gasteiger partial charge in [-0.2, -0.15) is 0 Å². The molecule has 134 valence electrons. The lowest BCUT2D eigenvalue weighted by atomic mass is 9.96. The number of aromatic hydroxyl groups is 1. The maximum absolute atomic E-state index is 12.3. The van der Waals surface area contributed by atoms with Crippen molar-refractivity contribution in [2.75, 3.05) is 26.2 Å². The number of alkyl halides is 3. The topological polar surface area (TPSA) is 44.7 Å². The zero-order valence-electron chi connectivity index (χ0n) is 13.5. The Morgan fingerprint density at radius 2 is 1.44 bits per heavy atom. The van der Waals surface area contributed by atoms with Crippen LogP contribution in [0.5, 0.6) is 11.5 Å². The molecule has 1 saturated heterocycles. The molecule has 0 aliphatic carbocycles. The molecule has 1 heterocycles. The second-order valence-electron chi connectivity index (χ2n) is 5.90. The minimum atomic E-state index is -4.70. The monoisotopic (exact) mass is 352 g/mol. The molecule has 2 aromatic rings. The Morgan fingerprint density at radius 3 is 1.96 bits per heavy atom. The van der Waals surface area contributed by atoms with E-state index in [4.69, 9.17) is 0 Å². The molecule has 7 heteroatoms. The predicted octanol–water partition coefficient (Wildman–Crippen LogP) is 3.29. The van der Waals surface area contributed by atoms with Gasteiger partial charge in [0.2, 0.25) is 0 Å². The summed E-state index contributed by atoms with van der Waals surface area (Å²) in [6, 6.07) is 12.8. The average molecular weight is 352 g/mol. The normalized spacial score (nSPS) is 17.2. The van der Waals surface area contributed by atoms with Gasteiger partial charge in [-0.25, -0.2) is 0 Å². The van der Waals surface area contributed by atoms with Crippen LogP contribution in [0.2, 0.25) is 0 Å². The number of rotatable bonds is 4. The third-order valence-corrected chi connectivity index (χ3v) is 4.15. The second-order valence-corrected chi connectivity index (χ2v) is 5.90. The van der Waals surface area contributed by atoms with Crippen LogP contribution in [0, 0.1) is 0 Å². The van der Waals surface area contributed by atoms with Gasteiger partial charge in [-0.3, -0.25) is 4.90 Å². The van der Waals surface area contributed by atoms with Crippen LogP contribution in [0.25, 0.3) is 0 Å². The van der Waals surface area contributed by atoms with E-state index in [1.54, 1.807) is 24.3 Å². The number of phenolic OH excluding ortho intramolecular Hbond substituents is 1. The minimum absolute atomic E-state index is 0.0948. The molecule has 2 aromatic carbocycles.